The lowest BCUT2D eigenvalue weighted by Gasteiger charge is -2.17. The van der Waals surface area contributed by atoms with Crippen molar-refractivity contribution in [2.24, 2.45) is 11.7 Å². The van der Waals surface area contributed by atoms with E-state index in [1.54, 1.807) is 18.3 Å². The molecule has 0 spiro atoms. The van der Waals surface area contributed by atoms with E-state index in [2.05, 4.69) is 10.3 Å². The first-order valence-corrected chi connectivity index (χ1v) is 5.61. The van der Waals surface area contributed by atoms with Crippen LogP contribution in [0, 0.1) is 5.92 Å². The summed E-state index contributed by atoms with van der Waals surface area (Å²) in [4.78, 5) is 15.7. The molecule has 1 unspecified atom stereocenters. The van der Waals surface area contributed by atoms with Crippen LogP contribution in [0.15, 0.2) is 18.3 Å². The number of nitrogens with zero attached hydrogens (tertiary/aromatic N) is 1. The first-order chi connectivity index (χ1) is 7.56. The monoisotopic (exact) mass is 241 g/mol. The van der Waals surface area contributed by atoms with Gasteiger partial charge in [0.2, 0.25) is 5.91 Å². The van der Waals surface area contributed by atoms with Gasteiger partial charge in [0.05, 0.1) is 11.1 Å². The van der Waals surface area contributed by atoms with Crippen molar-refractivity contribution in [2.45, 2.75) is 26.3 Å². The molecule has 0 fully saturated rings. The van der Waals surface area contributed by atoms with Gasteiger partial charge >= 0.3 is 0 Å². The maximum absolute atomic E-state index is 11.7. The molecule has 1 amide bonds. The van der Waals surface area contributed by atoms with Gasteiger partial charge in [0.25, 0.3) is 0 Å². The topological polar surface area (TPSA) is 68.0 Å². The van der Waals surface area contributed by atoms with Crippen molar-refractivity contribution in [2.75, 3.05) is 5.32 Å². The number of hydrogen-bond donors (Lipinski definition) is 2. The Labute approximate surface area is 100 Å². The van der Waals surface area contributed by atoms with Gasteiger partial charge in [-0.15, -0.1) is 0 Å². The molecule has 0 bridgehead atoms. The Morgan fingerprint density at radius 3 is 2.94 bits per heavy atom. The molecule has 0 aromatic carbocycles. The summed E-state index contributed by atoms with van der Waals surface area (Å²) in [5, 5.41) is 3.03. The van der Waals surface area contributed by atoms with Crippen molar-refractivity contribution in [3.8, 4) is 0 Å². The molecule has 2 atom stereocenters. The van der Waals surface area contributed by atoms with Crippen molar-refractivity contribution in [1.29, 1.82) is 0 Å². The minimum atomic E-state index is -0.539. The zero-order valence-corrected chi connectivity index (χ0v) is 10.2. The van der Waals surface area contributed by atoms with E-state index in [0.717, 1.165) is 6.42 Å². The molecule has 1 aromatic heterocycles. The fourth-order valence-electron chi connectivity index (χ4n) is 1.19. The highest BCUT2D eigenvalue weighted by molar-refractivity contribution is 6.33. The molecule has 4 nitrogen and oxygen atoms in total. The number of rotatable bonds is 4. The smallest absolute Gasteiger partial charge is 0.242 e. The molecule has 5 heteroatoms. The standard InChI is InChI=1S/C11H16ClN3O/c1-3-7(2)9(13)11(16)15-10-8(12)5-4-6-14-10/h4-7,9H,3,13H2,1-2H3,(H,14,15,16)/t7?,9-/m0/s1. The minimum Gasteiger partial charge on any atom is -0.320 e. The van der Waals surface area contributed by atoms with Gasteiger partial charge in [-0.1, -0.05) is 31.9 Å². The lowest BCUT2D eigenvalue weighted by molar-refractivity contribution is -0.118. The summed E-state index contributed by atoms with van der Waals surface area (Å²) in [6, 6.07) is 2.83. The second-order valence-corrected chi connectivity index (χ2v) is 4.14. The van der Waals surface area contributed by atoms with Gasteiger partial charge in [-0.3, -0.25) is 4.79 Å². The third-order valence-corrected chi connectivity index (χ3v) is 2.86. The number of carbonyl (C=O) groups excluding carboxylic acids is 1. The largest absolute Gasteiger partial charge is 0.320 e. The third kappa shape index (κ3) is 3.18. The van der Waals surface area contributed by atoms with Gasteiger partial charge in [-0.25, -0.2) is 4.98 Å². The quantitative estimate of drug-likeness (QED) is 0.848. The number of nitrogens with two attached hydrogens (primary N) is 1. The van der Waals surface area contributed by atoms with Crippen molar-refractivity contribution < 1.29 is 4.79 Å². The van der Waals surface area contributed by atoms with Crippen LogP contribution in [0.5, 0.6) is 0 Å². The summed E-state index contributed by atoms with van der Waals surface area (Å²) in [5.41, 5.74) is 5.79. The fraction of sp³-hybridized carbons (Fsp3) is 0.455. The van der Waals surface area contributed by atoms with E-state index < -0.39 is 6.04 Å². The number of anilines is 1. The van der Waals surface area contributed by atoms with Gasteiger partial charge in [-0.05, 0) is 18.1 Å². The molecule has 0 saturated carbocycles. The van der Waals surface area contributed by atoms with Crippen LogP contribution in [0.3, 0.4) is 0 Å². The number of aromatic nitrogens is 1. The molecule has 1 aromatic rings. The number of carbonyl (C=O) groups is 1. The molecule has 16 heavy (non-hydrogen) atoms. The van der Waals surface area contributed by atoms with Crippen LogP contribution in [0.25, 0.3) is 0 Å². The zero-order valence-electron chi connectivity index (χ0n) is 9.40. The predicted octanol–water partition coefficient (Wildman–Crippen LogP) is 2.05. The fourth-order valence-corrected chi connectivity index (χ4v) is 1.36. The normalized spacial score (nSPS) is 14.2. The summed E-state index contributed by atoms with van der Waals surface area (Å²) in [7, 11) is 0. The molecule has 0 aliphatic heterocycles. The lowest BCUT2D eigenvalue weighted by atomic mass is 9.99. The highest BCUT2D eigenvalue weighted by Crippen LogP contribution is 2.18. The van der Waals surface area contributed by atoms with Crippen LogP contribution >= 0.6 is 11.6 Å². The summed E-state index contributed by atoms with van der Waals surface area (Å²) in [6.07, 6.45) is 2.42. The molecule has 88 valence electrons. The van der Waals surface area contributed by atoms with Gasteiger partial charge in [-0.2, -0.15) is 0 Å². The van der Waals surface area contributed by atoms with E-state index in [9.17, 15) is 4.79 Å². The van der Waals surface area contributed by atoms with Crippen molar-refractivity contribution in [3.05, 3.63) is 23.4 Å². The average Bonchev–Trinajstić information content (AvgIpc) is 2.30. The Kier molecular flexibility index (Phi) is 4.71. The highest BCUT2D eigenvalue weighted by atomic mass is 35.5. The number of halogens is 1. The average molecular weight is 242 g/mol. The Morgan fingerprint density at radius 2 is 2.38 bits per heavy atom. The SMILES string of the molecule is CCC(C)[C@H](N)C(=O)Nc1ncccc1Cl. The molecule has 0 aliphatic carbocycles. The molecule has 1 rings (SSSR count). The molecule has 3 N–H and O–H groups in total. The Bertz CT molecular complexity index is 370. The van der Waals surface area contributed by atoms with E-state index in [1.165, 1.54) is 0 Å². The molecule has 0 radical (unpaired) electrons. The van der Waals surface area contributed by atoms with Crippen LogP contribution in [0.1, 0.15) is 20.3 Å². The predicted molar refractivity (Wildman–Crippen MR) is 65.3 cm³/mol. The first-order valence-electron chi connectivity index (χ1n) is 5.23. The Morgan fingerprint density at radius 1 is 1.69 bits per heavy atom. The first kappa shape index (κ1) is 12.9. The van der Waals surface area contributed by atoms with Gasteiger partial charge in [0.1, 0.15) is 0 Å². The zero-order chi connectivity index (χ0) is 12.1. The van der Waals surface area contributed by atoms with E-state index in [-0.39, 0.29) is 11.8 Å². The molecule has 0 aliphatic rings. The molecule has 0 saturated heterocycles. The van der Waals surface area contributed by atoms with Crippen LogP contribution in [-0.4, -0.2) is 16.9 Å². The minimum absolute atomic E-state index is 0.127. The summed E-state index contributed by atoms with van der Waals surface area (Å²) in [5.74, 6) is 0.227. The number of nitrogens with one attached hydrogen (secondary N) is 1. The summed E-state index contributed by atoms with van der Waals surface area (Å²) >= 11 is 5.87. The second-order valence-electron chi connectivity index (χ2n) is 3.73. The van der Waals surface area contributed by atoms with Crippen LogP contribution in [0.2, 0.25) is 5.02 Å². The van der Waals surface area contributed by atoms with Crippen molar-refractivity contribution in [1.82, 2.24) is 4.98 Å². The molecular weight excluding hydrogens is 226 g/mol. The third-order valence-electron chi connectivity index (χ3n) is 2.56. The Hall–Kier alpha value is -1.13. The van der Waals surface area contributed by atoms with E-state index in [4.69, 9.17) is 17.3 Å². The van der Waals surface area contributed by atoms with E-state index in [1.807, 2.05) is 13.8 Å². The number of amides is 1. The highest BCUT2D eigenvalue weighted by Gasteiger charge is 2.20. The Balaban J connectivity index is 2.68. The van der Waals surface area contributed by atoms with Gasteiger partial charge in [0, 0.05) is 6.20 Å². The molecule has 1 heterocycles. The van der Waals surface area contributed by atoms with E-state index in [0.29, 0.717) is 10.8 Å². The number of hydrogen-bond acceptors (Lipinski definition) is 3. The van der Waals surface area contributed by atoms with Crippen LogP contribution in [-0.2, 0) is 4.79 Å². The molecular formula is C11H16ClN3O. The van der Waals surface area contributed by atoms with Crippen LogP contribution in [0.4, 0.5) is 5.82 Å². The second kappa shape index (κ2) is 5.82. The van der Waals surface area contributed by atoms with Gasteiger partial charge < -0.3 is 11.1 Å². The summed E-state index contributed by atoms with van der Waals surface area (Å²) < 4.78 is 0. The maximum Gasteiger partial charge on any atom is 0.242 e. The lowest BCUT2D eigenvalue weighted by Crippen LogP contribution is -2.40. The maximum atomic E-state index is 11.7. The van der Waals surface area contributed by atoms with E-state index >= 15 is 0 Å². The van der Waals surface area contributed by atoms with Crippen molar-refractivity contribution in [3.63, 3.8) is 0 Å². The van der Waals surface area contributed by atoms with Crippen LogP contribution < -0.4 is 11.1 Å². The van der Waals surface area contributed by atoms with Gasteiger partial charge in [0.15, 0.2) is 5.82 Å². The number of pyridine rings is 1. The summed E-state index contributed by atoms with van der Waals surface area (Å²) in [6.45, 7) is 3.93. The van der Waals surface area contributed by atoms with Crippen molar-refractivity contribution >= 4 is 23.3 Å².